The van der Waals surface area contributed by atoms with Gasteiger partial charge in [0.1, 0.15) is 12.8 Å². The van der Waals surface area contributed by atoms with Crippen molar-refractivity contribution in [3.8, 4) is 0 Å². The quantitative estimate of drug-likeness (QED) is 0.719. The third-order valence-corrected chi connectivity index (χ3v) is 5.60. The van der Waals surface area contributed by atoms with E-state index in [1.54, 1.807) is 6.07 Å². The average molecular weight is 439 g/mol. The van der Waals surface area contributed by atoms with E-state index in [0.29, 0.717) is 37.6 Å². The van der Waals surface area contributed by atoms with E-state index in [1.807, 2.05) is 18.7 Å². The van der Waals surface area contributed by atoms with Crippen molar-refractivity contribution in [1.29, 1.82) is 0 Å². The highest BCUT2D eigenvalue weighted by atomic mass is 19.1. The second-order valence-corrected chi connectivity index (χ2v) is 8.02. The van der Waals surface area contributed by atoms with Gasteiger partial charge in [0.2, 0.25) is 5.58 Å². The highest BCUT2D eigenvalue weighted by Gasteiger charge is 2.38. The number of amides is 1. The van der Waals surface area contributed by atoms with Crippen LogP contribution in [-0.4, -0.2) is 69.1 Å². The van der Waals surface area contributed by atoms with E-state index in [1.165, 1.54) is 0 Å². The van der Waals surface area contributed by atoms with Gasteiger partial charge in [0, 0.05) is 18.7 Å². The lowest BCUT2D eigenvalue weighted by molar-refractivity contribution is -0.0445. The number of alkyl halides is 1. The molecule has 0 saturated carbocycles. The summed E-state index contributed by atoms with van der Waals surface area (Å²) in [5.74, 6) is -0.550. The second kappa shape index (κ2) is 7.88. The molecule has 11 heteroatoms. The van der Waals surface area contributed by atoms with Crippen molar-refractivity contribution >= 4 is 28.6 Å². The number of aromatic nitrogens is 1. The van der Waals surface area contributed by atoms with Crippen molar-refractivity contribution in [2.24, 2.45) is 0 Å². The second-order valence-electron chi connectivity index (χ2n) is 8.02. The first-order valence-corrected chi connectivity index (χ1v) is 10.3. The summed E-state index contributed by atoms with van der Waals surface area (Å²) in [6.07, 6.45) is -2.62. The maximum absolute atomic E-state index is 15.8. The van der Waals surface area contributed by atoms with Crippen LogP contribution in [-0.2, 0) is 18.9 Å². The van der Waals surface area contributed by atoms with Crippen LogP contribution in [0.5, 0.6) is 0 Å². The number of fused-ring (bicyclic) bond motifs is 1. The Labute approximate surface area is 176 Å². The van der Waals surface area contributed by atoms with Crippen molar-refractivity contribution in [1.82, 2.24) is 5.16 Å². The fourth-order valence-corrected chi connectivity index (χ4v) is 4.40. The summed E-state index contributed by atoms with van der Waals surface area (Å²) in [4.78, 5) is 15.2. The predicted octanol–water partition coefficient (Wildman–Crippen LogP) is 2.92. The summed E-state index contributed by atoms with van der Waals surface area (Å²) in [7, 11) is 0. The molecule has 9 nitrogen and oxygen atoms in total. The number of halogens is 2. The van der Waals surface area contributed by atoms with Gasteiger partial charge < -0.3 is 28.4 Å². The Morgan fingerprint density at radius 2 is 1.87 bits per heavy atom. The van der Waals surface area contributed by atoms with Gasteiger partial charge in [0.25, 0.3) is 0 Å². The highest BCUT2D eigenvalue weighted by Crippen LogP contribution is 2.42. The molecule has 0 unspecified atom stereocenters. The Morgan fingerprint density at radius 3 is 2.52 bits per heavy atom. The molecule has 1 amide bonds. The molecular weight excluding hydrogens is 416 g/mol. The van der Waals surface area contributed by atoms with E-state index in [9.17, 15) is 9.18 Å². The highest BCUT2D eigenvalue weighted by molar-refractivity contribution is 6.00. The minimum atomic E-state index is -0.902. The Kier molecular flexibility index (Phi) is 5.19. The van der Waals surface area contributed by atoms with E-state index < -0.39 is 31.0 Å². The molecule has 0 N–H and O–H groups in total. The summed E-state index contributed by atoms with van der Waals surface area (Å²) >= 11 is 0. The lowest BCUT2D eigenvalue weighted by Gasteiger charge is -2.38. The topological polar surface area (TPSA) is 86.5 Å². The van der Waals surface area contributed by atoms with E-state index >= 15 is 4.39 Å². The van der Waals surface area contributed by atoms with Crippen LogP contribution in [0.4, 0.5) is 25.1 Å². The van der Waals surface area contributed by atoms with Crippen molar-refractivity contribution in [3.63, 3.8) is 0 Å². The number of carbonyl (C=O) groups excluding carboxylic acids is 1. The first kappa shape index (κ1) is 20.4. The molecule has 1 aromatic carbocycles. The number of morpholine rings is 1. The Bertz CT molecular complexity index is 985. The average Bonchev–Trinajstić information content (AvgIpc) is 3.46. The number of hydrogen-bond donors (Lipinski definition) is 0. The number of cyclic esters (lactones) is 1. The molecule has 5 rings (SSSR count). The minimum Gasteiger partial charge on any atom is -0.441 e. The fraction of sp³-hybridized carbons (Fsp3) is 0.600. The van der Waals surface area contributed by atoms with E-state index in [0.717, 1.165) is 4.90 Å². The number of anilines is 2. The molecule has 4 heterocycles. The first-order chi connectivity index (χ1) is 15.0. The van der Waals surface area contributed by atoms with Crippen molar-refractivity contribution in [3.05, 3.63) is 17.4 Å². The smallest absolute Gasteiger partial charge is 0.416 e. The molecule has 3 saturated heterocycles. The Morgan fingerprint density at radius 1 is 1.16 bits per heavy atom. The monoisotopic (exact) mass is 439 g/mol. The summed E-state index contributed by atoms with van der Waals surface area (Å²) in [6.45, 7) is 4.71. The van der Waals surface area contributed by atoms with Crippen LogP contribution in [0.25, 0.3) is 11.0 Å². The van der Waals surface area contributed by atoms with Gasteiger partial charge in [-0.2, -0.15) is 0 Å². The minimum absolute atomic E-state index is 0.0371. The maximum atomic E-state index is 15.8. The summed E-state index contributed by atoms with van der Waals surface area (Å²) in [5.41, 5.74) is 0.674. The van der Waals surface area contributed by atoms with Gasteiger partial charge in [-0.3, -0.25) is 4.90 Å². The molecule has 2 aromatic rings. The standard InChI is InChI=1S/C20H23F2N3O6/c1-10-7-24(8-11(2)29-10)16-13(19-27-3-4-28-19)5-14-17(15(16)22)31-23-18(14)25-9-12(6-21)30-20(25)26/h5,10-12,19H,3-4,6-9H2,1-2H3/t10-,11-,12+/m1/s1. The van der Waals surface area contributed by atoms with Crippen LogP contribution in [0, 0.1) is 5.82 Å². The molecule has 3 atom stereocenters. The van der Waals surface area contributed by atoms with E-state index in [4.69, 9.17) is 23.5 Å². The molecule has 0 bridgehead atoms. The number of benzene rings is 1. The normalized spacial score (nSPS) is 27.5. The van der Waals surface area contributed by atoms with Crippen LogP contribution >= 0.6 is 0 Å². The molecule has 31 heavy (non-hydrogen) atoms. The molecule has 0 spiro atoms. The van der Waals surface area contributed by atoms with Crippen LogP contribution in [0.15, 0.2) is 10.6 Å². The van der Waals surface area contributed by atoms with Gasteiger partial charge in [-0.05, 0) is 19.9 Å². The molecule has 168 valence electrons. The van der Waals surface area contributed by atoms with Gasteiger partial charge in [-0.15, -0.1) is 0 Å². The first-order valence-electron chi connectivity index (χ1n) is 10.3. The summed E-state index contributed by atoms with van der Waals surface area (Å²) < 4.78 is 56.2. The van der Waals surface area contributed by atoms with Gasteiger partial charge in [0.15, 0.2) is 17.9 Å². The molecular formula is C20H23F2N3O6. The zero-order valence-corrected chi connectivity index (χ0v) is 17.2. The van der Waals surface area contributed by atoms with E-state index in [-0.39, 0.29) is 35.5 Å². The zero-order valence-electron chi connectivity index (χ0n) is 17.2. The van der Waals surface area contributed by atoms with Crippen LogP contribution in [0.3, 0.4) is 0 Å². The summed E-state index contributed by atoms with van der Waals surface area (Å²) in [5, 5.41) is 4.17. The van der Waals surface area contributed by atoms with Crippen LogP contribution < -0.4 is 9.80 Å². The zero-order chi connectivity index (χ0) is 21.7. The van der Waals surface area contributed by atoms with Gasteiger partial charge in [-0.25, -0.2) is 13.6 Å². The number of ether oxygens (including phenoxy) is 4. The molecule has 0 aliphatic carbocycles. The lowest BCUT2D eigenvalue weighted by Crippen LogP contribution is -2.46. The van der Waals surface area contributed by atoms with Crippen molar-refractivity contribution in [2.75, 3.05) is 49.3 Å². The van der Waals surface area contributed by atoms with Crippen molar-refractivity contribution in [2.45, 2.75) is 38.4 Å². The van der Waals surface area contributed by atoms with Crippen LogP contribution in [0.2, 0.25) is 0 Å². The van der Waals surface area contributed by atoms with Crippen LogP contribution in [0.1, 0.15) is 25.7 Å². The van der Waals surface area contributed by atoms with E-state index in [2.05, 4.69) is 5.16 Å². The van der Waals surface area contributed by atoms with Crippen molar-refractivity contribution < 1.29 is 37.0 Å². The van der Waals surface area contributed by atoms with Gasteiger partial charge in [0.05, 0.1) is 43.0 Å². The van der Waals surface area contributed by atoms with Gasteiger partial charge in [-0.1, -0.05) is 5.16 Å². The third-order valence-electron chi connectivity index (χ3n) is 5.60. The molecule has 3 aliphatic heterocycles. The maximum Gasteiger partial charge on any atom is 0.416 e. The lowest BCUT2D eigenvalue weighted by atomic mass is 10.0. The molecule has 0 radical (unpaired) electrons. The van der Waals surface area contributed by atoms with Gasteiger partial charge >= 0.3 is 6.09 Å². The molecule has 1 aromatic heterocycles. The number of nitrogens with zero attached hydrogens (tertiary/aromatic N) is 3. The molecule has 3 aliphatic rings. The third kappa shape index (κ3) is 3.50. The number of rotatable bonds is 4. The summed E-state index contributed by atoms with van der Waals surface area (Å²) in [6, 6.07) is 1.66. The largest absolute Gasteiger partial charge is 0.441 e. The number of carbonyl (C=O) groups is 1. The number of hydrogen-bond acceptors (Lipinski definition) is 8. The SMILES string of the molecule is C[C@@H]1CN(c2c(C3OCCO3)cc3c(N4C[C@H](CF)OC4=O)noc3c2F)C[C@@H](C)O1. The molecule has 3 fully saturated rings. The Hall–Kier alpha value is -2.50. The fourth-order valence-electron chi connectivity index (χ4n) is 4.40. The predicted molar refractivity (Wildman–Crippen MR) is 104 cm³/mol. The Balaban J connectivity index is 1.63.